The largest absolute Gasteiger partial charge is 0.479 e. The Balaban J connectivity index is 1.54. The van der Waals surface area contributed by atoms with E-state index < -0.39 is 6.10 Å². The number of amides is 1. The highest BCUT2D eigenvalue weighted by Crippen LogP contribution is 2.43. The lowest BCUT2D eigenvalue weighted by Crippen LogP contribution is -2.50. The molecule has 1 fully saturated rings. The van der Waals surface area contributed by atoms with Gasteiger partial charge in [-0.1, -0.05) is 11.6 Å². The molecule has 0 saturated carbocycles. The highest BCUT2D eigenvalue weighted by Gasteiger charge is 2.35. The van der Waals surface area contributed by atoms with E-state index in [1.807, 2.05) is 29.2 Å². The second kappa shape index (κ2) is 7.04. The van der Waals surface area contributed by atoms with Gasteiger partial charge in [0.2, 0.25) is 0 Å². The molecular formula is C21H19ClN4O2. The van der Waals surface area contributed by atoms with Crippen LogP contribution in [0.4, 0.5) is 0 Å². The van der Waals surface area contributed by atoms with Gasteiger partial charge in [0.25, 0.3) is 5.91 Å². The molecule has 142 valence electrons. The zero-order chi connectivity index (χ0) is 19.1. The first-order valence-corrected chi connectivity index (χ1v) is 9.76. The third kappa shape index (κ3) is 2.99. The van der Waals surface area contributed by atoms with E-state index in [1.54, 1.807) is 18.6 Å². The normalized spacial score (nSPS) is 18.8. The maximum Gasteiger partial charge on any atom is 0.264 e. The molecule has 1 saturated heterocycles. The van der Waals surface area contributed by atoms with Gasteiger partial charge in [0.15, 0.2) is 6.10 Å². The standard InChI is InChI=1S/C21H19ClN4O2/c22-14-9-13-10-19(21(27)26-7-5-23-6-8-26)28-20(13)16(11-14)15-1-4-25-18-2-3-24-12-17(15)18/h1-4,9,11-12,19,23H,5-8,10H2/t19-/m1/s1. The third-order valence-corrected chi connectivity index (χ3v) is 5.55. The Morgan fingerprint density at radius 3 is 2.89 bits per heavy atom. The van der Waals surface area contributed by atoms with Gasteiger partial charge in [0.05, 0.1) is 5.52 Å². The molecule has 1 atom stereocenters. The van der Waals surface area contributed by atoms with Crippen molar-refractivity contribution in [2.45, 2.75) is 12.5 Å². The van der Waals surface area contributed by atoms with Crippen LogP contribution >= 0.6 is 11.6 Å². The number of ether oxygens (including phenoxy) is 1. The first-order valence-electron chi connectivity index (χ1n) is 9.38. The lowest BCUT2D eigenvalue weighted by molar-refractivity contribution is -0.138. The summed E-state index contributed by atoms with van der Waals surface area (Å²) in [5, 5.41) is 4.82. The summed E-state index contributed by atoms with van der Waals surface area (Å²) in [7, 11) is 0. The van der Waals surface area contributed by atoms with Gasteiger partial charge in [-0.3, -0.25) is 14.8 Å². The van der Waals surface area contributed by atoms with E-state index in [-0.39, 0.29) is 5.91 Å². The first kappa shape index (κ1) is 17.4. The number of nitrogens with one attached hydrogen (secondary N) is 1. The Morgan fingerprint density at radius 1 is 1.18 bits per heavy atom. The average Bonchev–Trinajstić information content (AvgIpc) is 3.17. The van der Waals surface area contributed by atoms with Crippen molar-refractivity contribution in [3.8, 4) is 16.9 Å². The Labute approximate surface area is 167 Å². The number of carbonyl (C=O) groups is 1. The number of rotatable bonds is 2. The van der Waals surface area contributed by atoms with Gasteiger partial charge in [-0.15, -0.1) is 0 Å². The molecule has 4 heterocycles. The van der Waals surface area contributed by atoms with Crippen LogP contribution in [0.2, 0.25) is 5.02 Å². The molecule has 2 aliphatic heterocycles. The Morgan fingerprint density at radius 2 is 2.04 bits per heavy atom. The summed E-state index contributed by atoms with van der Waals surface area (Å²) in [5.74, 6) is 0.773. The van der Waals surface area contributed by atoms with Gasteiger partial charge >= 0.3 is 0 Å². The minimum absolute atomic E-state index is 0.0426. The van der Waals surface area contributed by atoms with Crippen molar-refractivity contribution in [1.82, 2.24) is 20.2 Å². The van der Waals surface area contributed by atoms with Crippen LogP contribution in [0.1, 0.15) is 5.56 Å². The van der Waals surface area contributed by atoms with Gasteiger partial charge in [-0.2, -0.15) is 0 Å². The highest BCUT2D eigenvalue weighted by molar-refractivity contribution is 6.31. The maximum absolute atomic E-state index is 12.9. The van der Waals surface area contributed by atoms with Crippen LogP contribution < -0.4 is 10.1 Å². The van der Waals surface area contributed by atoms with E-state index in [0.717, 1.165) is 46.4 Å². The number of piperazine rings is 1. The van der Waals surface area contributed by atoms with Crippen LogP contribution in [0, 0.1) is 0 Å². The molecule has 2 aromatic heterocycles. The fourth-order valence-electron chi connectivity index (χ4n) is 3.98. The summed E-state index contributed by atoms with van der Waals surface area (Å²) < 4.78 is 6.20. The van der Waals surface area contributed by atoms with Crippen molar-refractivity contribution in [3.63, 3.8) is 0 Å². The van der Waals surface area contributed by atoms with Crippen molar-refractivity contribution < 1.29 is 9.53 Å². The summed E-state index contributed by atoms with van der Waals surface area (Å²) in [5.41, 5.74) is 3.64. The number of fused-ring (bicyclic) bond motifs is 2. The van der Waals surface area contributed by atoms with E-state index in [0.29, 0.717) is 24.5 Å². The number of pyridine rings is 2. The Kier molecular flexibility index (Phi) is 4.37. The second-order valence-electron chi connectivity index (χ2n) is 7.08. The minimum Gasteiger partial charge on any atom is -0.479 e. The molecule has 6 nitrogen and oxygen atoms in total. The third-order valence-electron chi connectivity index (χ3n) is 5.33. The molecular weight excluding hydrogens is 376 g/mol. The van der Waals surface area contributed by atoms with E-state index in [9.17, 15) is 4.79 Å². The monoisotopic (exact) mass is 394 g/mol. The molecule has 2 aliphatic rings. The number of halogens is 1. The zero-order valence-corrected chi connectivity index (χ0v) is 15.9. The average molecular weight is 395 g/mol. The van der Waals surface area contributed by atoms with E-state index >= 15 is 0 Å². The Bertz CT molecular complexity index is 1060. The first-order chi connectivity index (χ1) is 13.7. The van der Waals surface area contributed by atoms with Crippen LogP contribution in [0.5, 0.6) is 5.75 Å². The van der Waals surface area contributed by atoms with Crippen LogP contribution in [-0.4, -0.2) is 53.1 Å². The van der Waals surface area contributed by atoms with Crippen LogP contribution in [0.15, 0.2) is 42.9 Å². The van der Waals surface area contributed by atoms with Crippen molar-refractivity contribution in [1.29, 1.82) is 0 Å². The van der Waals surface area contributed by atoms with Crippen LogP contribution in [0.3, 0.4) is 0 Å². The van der Waals surface area contributed by atoms with Gasteiger partial charge in [0, 0.05) is 72.7 Å². The van der Waals surface area contributed by atoms with Crippen molar-refractivity contribution in [3.05, 3.63) is 53.4 Å². The summed E-state index contributed by atoms with van der Waals surface area (Å²) >= 11 is 6.42. The summed E-state index contributed by atoms with van der Waals surface area (Å²) in [4.78, 5) is 23.5. The minimum atomic E-state index is -0.503. The number of carbonyl (C=O) groups excluding carboxylic acids is 1. The quantitative estimate of drug-likeness (QED) is 0.723. The summed E-state index contributed by atoms with van der Waals surface area (Å²) in [6, 6.07) is 7.60. The summed E-state index contributed by atoms with van der Waals surface area (Å²) in [6.45, 7) is 3.06. The van der Waals surface area contributed by atoms with Crippen molar-refractivity contribution in [2.24, 2.45) is 0 Å². The van der Waals surface area contributed by atoms with Gasteiger partial charge in [0.1, 0.15) is 5.75 Å². The molecule has 3 aromatic rings. The van der Waals surface area contributed by atoms with E-state index in [1.165, 1.54) is 0 Å². The molecule has 28 heavy (non-hydrogen) atoms. The fourth-order valence-corrected chi connectivity index (χ4v) is 4.22. The predicted octanol–water partition coefficient (Wildman–Crippen LogP) is 2.69. The Hall–Kier alpha value is -2.70. The molecule has 7 heteroatoms. The predicted molar refractivity (Wildman–Crippen MR) is 108 cm³/mol. The number of benzene rings is 1. The molecule has 0 unspecified atom stereocenters. The molecule has 0 bridgehead atoms. The fraction of sp³-hybridized carbons (Fsp3) is 0.286. The number of aromatic nitrogens is 2. The number of nitrogens with zero attached hydrogens (tertiary/aromatic N) is 3. The number of hydrogen-bond donors (Lipinski definition) is 1. The number of hydrogen-bond acceptors (Lipinski definition) is 5. The molecule has 1 N–H and O–H groups in total. The van der Waals surface area contributed by atoms with Gasteiger partial charge in [-0.25, -0.2) is 0 Å². The second-order valence-corrected chi connectivity index (χ2v) is 7.52. The molecule has 5 rings (SSSR count). The van der Waals surface area contributed by atoms with E-state index in [4.69, 9.17) is 16.3 Å². The molecule has 1 aromatic carbocycles. The topological polar surface area (TPSA) is 67.3 Å². The molecule has 0 aliphatic carbocycles. The highest BCUT2D eigenvalue weighted by atomic mass is 35.5. The summed E-state index contributed by atoms with van der Waals surface area (Å²) in [6.07, 6.45) is 5.32. The lowest BCUT2D eigenvalue weighted by Gasteiger charge is -2.29. The SMILES string of the molecule is O=C([C@H]1Cc2cc(Cl)cc(-c3ccnc4ccncc34)c2O1)N1CCNCC1. The van der Waals surface area contributed by atoms with Gasteiger partial charge < -0.3 is 15.0 Å². The van der Waals surface area contributed by atoms with Crippen molar-refractivity contribution >= 4 is 28.4 Å². The van der Waals surface area contributed by atoms with Crippen molar-refractivity contribution in [2.75, 3.05) is 26.2 Å². The molecule has 1 amide bonds. The lowest BCUT2D eigenvalue weighted by atomic mass is 9.98. The molecule has 0 spiro atoms. The van der Waals surface area contributed by atoms with Crippen LogP contribution in [-0.2, 0) is 11.2 Å². The van der Waals surface area contributed by atoms with E-state index in [2.05, 4.69) is 15.3 Å². The van der Waals surface area contributed by atoms with Gasteiger partial charge in [-0.05, 0) is 29.8 Å². The van der Waals surface area contributed by atoms with Crippen LogP contribution in [0.25, 0.3) is 22.0 Å². The molecule has 0 radical (unpaired) electrons. The zero-order valence-electron chi connectivity index (χ0n) is 15.2. The maximum atomic E-state index is 12.9. The smallest absolute Gasteiger partial charge is 0.264 e.